The number of guanidine groups is 1. The highest BCUT2D eigenvalue weighted by Gasteiger charge is 2.11. The second kappa shape index (κ2) is 12.5. The Morgan fingerprint density at radius 3 is 2.50 bits per heavy atom. The van der Waals surface area contributed by atoms with Crippen molar-refractivity contribution in [3.63, 3.8) is 0 Å². The van der Waals surface area contributed by atoms with Gasteiger partial charge in [-0.15, -0.1) is 24.0 Å². The Hall–Kier alpha value is -0.910. The predicted octanol–water partition coefficient (Wildman–Crippen LogP) is 1.43. The van der Waals surface area contributed by atoms with Crippen LogP contribution in [0.2, 0.25) is 0 Å². The Balaban J connectivity index is 0.00000529. The molecule has 1 aromatic carbocycles. The van der Waals surface area contributed by atoms with Crippen LogP contribution in [0.25, 0.3) is 0 Å². The first-order valence-electron chi connectivity index (χ1n) is 7.69. The number of halogens is 1. The minimum atomic E-state index is -3.41. The molecule has 0 heterocycles. The van der Waals surface area contributed by atoms with Crippen LogP contribution in [0.1, 0.15) is 25.8 Å². The third-order valence-corrected chi connectivity index (χ3v) is 4.54. The molecular weight excluding hydrogens is 443 g/mol. The minimum Gasteiger partial charge on any atom is -0.382 e. The lowest BCUT2D eigenvalue weighted by molar-refractivity contribution is 0.145. The number of rotatable bonds is 10. The summed E-state index contributed by atoms with van der Waals surface area (Å²) in [7, 11) is -3.41. The van der Waals surface area contributed by atoms with Crippen LogP contribution in [-0.4, -0.2) is 40.7 Å². The highest BCUT2D eigenvalue weighted by atomic mass is 127. The van der Waals surface area contributed by atoms with Gasteiger partial charge < -0.3 is 15.8 Å². The van der Waals surface area contributed by atoms with Crippen molar-refractivity contribution >= 4 is 40.0 Å². The van der Waals surface area contributed by atoms with E-state index in [4.69, 9.17) is 10.5 Å². The summed E-state index contributed by atoms with van der Waals surface area (Å²) < 4.78 is 31.3. The van der Waals surface area contributed by atoms with Crippen LogP contribution >= 0.6 is 24.0 Å². The number of sulfonamides is 1. The Morgan fingerprint density at radius 2 is 1.92 bits per heavy atom. The molecule has 0 fully saturated rings. The van der Waals surface area contributed by atoms with Gasteiger partial charge in [0, 0.05) is 26.3 Å². The number of ether oxygens (including phenoxy) is 1. The Morgan fingerprint density at radius 1 is 1.25 bits per heavy atom. The second-order valence-corrected chi connectivity index (χ2v) is 6.59. The number of hydrogen-bond acceptors (Lipinski definition) is 4. The number of benzene rings is 1. The number of nitrogens with one attached hydrogen (secondary N) is 2. The van der Waals surface area contributed by atoms with Gasteiger partial charge in [0.2, 0.25) is 10.0 Å². The Labute approximate surface area is 161 Å². The number of aliphatic imine (C=N–C) groups is 1. The van der Waals surface area contributed by atoms with Crippen molar-refractivity contribution in [3.8, 4) is 0 Å². The average molecular weight is 470 g/mol. The van der Waals surface area contributed by atoms with E-state index in [1.54, 1.807) is 31.2 Å². The van der Waals surface area contributed by atoms with Crippen LogP contribution in [0.4, 0.5) is 0 Å². The quantitative estimate of drug-likeness (QED) is 0.208. The molecule has 0 aromatic heterocycles. The molecule has 0 saturated carbocycles. The summed E-state index contributed by atoms with van der Waals surface area (Å²) in [5.41, 5.74) is 6.66. The van der Waals surface area contributed by atoms with Crippen molar-refractivity contribution in [3.05, 3.63) is 29.8 Å². The zero-order valence-electron chi connectivity index (χ0n) is 14.1. The molecular formula is C15H27IN4O3S. The summed E-state index contributed by atoms with van der Waals surface area (Å²) in [5, 5.41) is 3.01. The van der Waals surface area contributed by atoms with Gasteiger partial charge in [-0.3, -0.25) is 0 Å². The van der Waals surface area contributed by atoms with Crippen LogP contribution in [0.5, 0.6) is 0 Å². The van der Waals surface area contributed by atoms with Gasteiger partial charge in [-0.1, -0.05) is 19.1 Å². The van der Waals surface area contributed by atoms with Gasteiger partial charge >= 0.3 is 0 Å². The summed E-state index contributed by atoms with van der Waals surface area (Å²) in [6.07, 6.45) is 0.862. The minimum absolute atomic E-state index is 0. The fraction of sp³-hybridized carbons (Fsp3) is 0.533. The lowest BCUT2D eigenvalue weighted by Crippen LogP contribution is -2.32. The van der Waals surface area contributed by atoms with E-state index in [0.717, 1.165) is 12.0 Å². The molecule has 0 aliphatic carbocycles. The van der Waals surface area contributed by atoms with E-state index in [9.17, 15) is 8.42 Å². The van der Waals surface area contributed by atoms with E-state index in [1.807, 2.05) is 6.92 Å². The van der Waals surface area contributed by atoms with E-state index in [0.29, 0.717) is 38.8 Å². The topological polar surface area (TPSA) is 106 Å². The lowest BCUT2D eigenvalue weighted by atomic mass is 10.2. The molecule has 0 radical (unpaired) electrons. The molecule has 1 aromatic rings. The number of hydrogen-bond donors (Lipinski definition) is 3. The number of nitrogens with two attached hydrogens (primary N) is 1. The molecule has 7 nitrogen and oxygen atoms in total. The van der Waals surface area contributed by atoms with E-state index in [2.05, 4.69) is 15.0 Å². The highest BCUT2D eigenvalue weighted by Crippen LogP contribution is 2.11. The molecule has 0 spiro atoms. The van der Waals surface area contributed by atoms with Crippen molar-refractivity contribution in [2.24, 2.45) is 10.7 Å². The fourth-order valence-corrected chi connectivity index (χ4v) is 2.86. The van der Waals surface area contributed by atoms with Crippen molar-refractivity contribution in [2.45, 2.75) is 31.7 Å². The van der Waals surface area contributed by atoms with Crippen molar-refractivity contribution < 1.29 is 13.2 Å². The maximum atomic E-state index is 11.8. The van der Waals surface area contributed by atoms with Crippen LogP contribution < -0.4 is 15.8 Å². The molecule has 0 aliphatic heterocycles. The van der Waals surface area contributed by atoms with Gasteiger partial charge in [0.25, 0.3) is 0 Å². The summed E-state index contributed by atoms with van der Waals surface area (Å²) >= 11 is 0. The second-order valence-electron chi connectivity index (χ2n) is 4.82. The summed E-state index contributed by atoms with van der Waals surface area (Å²) in [4.78, 5) is 4.46. The van der Waals surface area contributed by atoms with Crippen molar-refractivity contribution in [1.29, 1.82) is 0 Å². The first-order valence-corrected chi connectivity index (χ1v) is 9.18. The molecule has 138 valence electrons. The SMILES string of the molecule is CCNS(=O)(=O)c1ccc(CN=C(N)NCCCOCC)cc1.I. The van der Waals surface area contributed by atoms with E-state index in [1.165, 1.54) is 0 Å². The monoisotopic (exact) mass is 470 g/mol. The molecule has 0 unspecified atom stereocenters. The zero-order chi connectivity index (χ0) is 17.1. The smallest absolute Gasteiger partial charge is 0.240 e. The largest absolute Gasteiger partial charge is 0.382 e. The third-order valence-electron chi connectivity index (χ3n) is 2.98. The standard InChI is InChI=1S/C15H26N4O3S.HI/c1-3-19-23(20,21)14-8-6-13(7-9-14)12-18-15(16)17-10-5-11-22-4-2;/h6-9,19H,3-5,10-12H2,1-2H3,(H3,16,17,18);1H. The molecule has 0 saturated heterocycles. The molecule has 0 atom stereocenters. The van der Waals surface area contributed by atoms with Crippen molar-refractivity contribution in [2.75, 3.05) is 26.3 Å². The Bertz CT molecular complexity index is 591. The van der Waals surface area contributed by atoms with Gasteiger partial charge in [0.05, 0.1) is 11.4 Å². The summed E-state index contributed by atoms with van der Waals surface area (Å²) in [5.74, 6) is 0.367. The van der Waals surface area contributed by atoms with Gasteiger partial charge in [-0.2, -0.15) is 0 Å². The van der Waals surface area contributed by atoms with Gasteiger partial charge in [0.1, 0.15) is 0 Å². The summed E-state index contributed by atoms with van der Waals surface area (Å²) in [6, 6.07) is 6.59. The van der Waals surface area contributed by atoms with Gasteiger partial charge in [-0.25, -0.2) is 18.1 Å². The van der Waals surface area contributed by atoms with Crippen LogP contribution in [0, 0.1) is 0 Å². The van der Waals surface area contributed by atoms with Crippen LogP contribution in [0.3, 0.4) is 0 Å². The molecule has 24 heavy (non-hydrogen) atoms. The first kappa shape index (κ1) is 23.1. The average Bonchev–Trinajstić information content (AvgIpc) is 2.53. The maximum absolute atomic E-state index is 11.8. The lowest BCUT2D eigenvalue weighted by Gasteiger charge is -2.07. The Kier molecular flexibility index (Phi) is 12.0. The van der Waals surface area contributed by atoms with E-state index < -0.39 is 10.0 Å². The highest BCUT2D eigenvalue weighted by molar-refractivity contribution is 14.0. The molecule has 0 aliphatic rings. The fourth-order valence-electron chi connectivity index (χ4n) is 1.81. The number of nitrogens with zero attached hydrogens (tertiary/aromatic N) is 1. The third kappa shape index (κ3) is 8.81. The van der Waals surface area contributed by atoms with Crippen molar-refractivity contribution in [1.82, 2.24) is 10.0 Å². The molecule has 0 bridgehead atoms. The normalized spacial score (nSPS) is 11.8. The molecule has 4 N–H and O–H groups in total. The zero-order valence-corrected chi connectivity index (χ0v) is 17.3. The van der Waals surface area contributed by atoms with Crippen LogP contribution in [-0.2, 0) is 21.3 Å². The van der Waals surface area contributed by atoms with Gasteiger partial charge in [0.15, 0.2) is 5.96 Å². The van der Waals surface area contributed by atoms with Gasteiger partial charge in [-0.05, 0) is 31.0 Å². The molecule has 1 rings (SSSR count). The van der Waals surface area contributed by atoms with Crippen LogP contribution in [0.15, 0.2) is 34.2 Å². The van der Waals surface area contributed by atoms with E-state index >= 15 is 0 Å². The summed E-state index contributed by atoms with van der Waals surface area (Å²) in [6.45, 7) is 6.56. The first-order chi connectivity index (χ1) is 11.0. The molecule has 0 amide bonds. The predicted molar refractivity (Wildman–Crippen MR) is 107 cm³/mol. The molecule has 9 heteroatoms. The van der Waals surface area contributed by atoms with E-state index in [-0.39, 0.29) is 28.9 Å². The maximum Gasteiger partial charge on any atom is 0.240 e.